The van der Waals surface area contributed by atoms with Crippen LogP contribution in [0, 0.1) is 5.82 Å². The Morgan fingerprint density at radius 3 is 2.43 bits per heavy atom. The van der Waals surface area contributed by atoms with E-state index in [1.165, 1.54) is 12.1 Å². The summed E-state index contributed by atoms with van der Waals surface area (Å²) in [6.45, 7) is 1.16. The van der Waals surface area contributed by atoms with Crippen LogP contribution in [0.2, 0.25) is 0 Å². The predicted molar refractivity (Wildman–Crippen MR) is 104 cm³/mol. The van der Waals surface area contributed by atoms with Crippen molar-refractivity contribution in [3.05, 3.63) is 76.9 Å². The van der Waals surface area contributed by atoms with Gasteiger partial charge in [0.1, 0.15) is 17.2 Å². The highest BCUT2D eigenvalue weighted by Gasteiger charge is 2.39. The maximum Gasteiger partial charge on any atom is 0.212 e. The average molecular weight is 380 g/mol. The second-order valence-electron chi connectivity index (χ2n) is 7.00. The average Bonchev–Trinajstić information content (AvgIpc) is 3.16. The molecule has 1 heterocycles. The number of Topliss-reactive ketones (excluding diaryl/α,β-unsaturated/α-hetero) is 2. The van der Waals surface area contributed by atoms with Crippen LogP contribution in [0.4, 0.5) is 10.1 Å². The fourth-order valence-corrected chi connectivity index (χ4v) is 3.93. The number of allylic oxidation sites excluding steroid dienone is 2. The standard InChI is InChI=1S/C22H21FN2O3/c1-28-13-16-5-4-12-25(16)20-19(24-15-10-8-14(23)9-11-15)21(26)17-6-2-3-7-18(17)22(20)27/h2-3,6-11,16,24H,4-5,12-13H2,1H3/t16-/m0/s1. The van der Waals surface area contributed by atoms with E-state index in [2.05, 4.69) is 5.32 Å². The number of halogens is 1. The van der Waals surface area contributed by atoms with Gasteiger partial charge in [0.25, 0.3) is 0 Å². The number of hydrogen-bond acceptors (Lipinski definition) is 5. The number of fused-ring (bicyclic) bond motifs is 1. The minimum absolute atomic E-state index is 0.0343. The number of likely N-dealkylation sites (tertiary alicyclic amines) is 1. The number of nitrogens with zero attached hydrogens (tertiary/aromatic N) is 1. The molecule has 0 amide bonds. The Kier molecular flexibility index (Phi) is 4.96. The molecule has 2 aromatic carbocycles. The molecule has 0 radical (unpaired) electrons. The van der Waals surface area contributed by atoms with E-state index in [9.17, 15) is 14.0 Å². The van der Waals surface area contributed by atoms with Crippen LogP contribution in [0.3, 0.4) is 0 Å². The van der Waals surface area contributed by atoms with Crippen molar-refractivity contribution in [2.24, 2.45) is 0 Å². The minimum Gasteiger partial charge on any atom is -0.383 e. The van der Waals surface area contributed by atoms with Crippen LogP contribution in [-0.2, 0) is 4.74 Å². The number of carbonyl (C=O) groups excluding carboxylic acids is 2. The number of nitrogens with one attached hydrogen (secondary N) is 1. The fourth-order valence-electron chi connectivity index (χ4n) is 3.93. The molecule has 0 bridgehead atoms. The number of hydrogen-bond donors (Lipinski definition) is 1. The fraction of sp³-hybridized carbons (Fsp3) is 0.273. The van der Waals surface area contributed by atoms with Gasteiger partial charge in [-0.25, -0.2) is 4.39 Å². The van der Waals surface area contributed by atoms with E-state index in [0.29, 0.717) is 35.7 Å². The molecule has 5 nitrogen and oxygen atoms in total. The number of rotatable bonds is 5. The molecule has 2 aromatic rings. The Hall–Kier alpha value is -2.99. The molecule has 4 rings (SSSR count). The SMILES string of the molecule is COC[C@@H]1CCCN1C1=C(Nc2ccc(F)cc2)C(=O)c2ccccc2C1=O. The summed E-state index contributed by atoms with van der Waals surface area (Å²) in [7, 11) is 1.63. The van der Waals surface area contributed by atoms with E-state index in [-0.39, 0.29) is 29.1 Å². The van der Waals surface area contributed by atoms with Gasteiger partial charge in [-0.15, -0.1) is 0 Å². The maximum absolute atomic E-state index is 13.4. The van der Waals surface area contributed by atoms with Gasteiger partial charge < -0.3 is 15.0 Å². The monoisotopic (exact) mass is 380 g/mol. The highest BCUT2D eigenvalue weighted by Crippen LogP contribution is 2.33. The molecule has 6 heteroatoms. The van der Waals surface area contributed by atoms with Gasteiger partial charge >= 0.3 is 0 Å². The molecular formula is C22H21FN2O3. The van der Waals surface area contributed by atoms with E-state index in [0.717, 1.165) is 12.8 Å². The number of anilines is 1. The van der Waals surface area contributed by atoms with E-state index in [4.69, 9.17) is 4.74 Å². The normalized spacial score (nSPS) is 19.2. The third kappa shape index (κ3) is 3.20. The van der Waals surface area contributed by atoms with Crippen molar-refractivity contribution in [2.75, 3.05) is 25.6 Å². The van der Waals surface area contributed by atoms with Crippen LogP contribution in [0.25, 0.3) is 0 Å². The number of methoxy groups -OCH3 is 1. The van der Waals surface area contributed by atoms with Gasteiger partial charge in [0.15, 0.2) is 0 Å². The molecule has 0 spiro atoms. The highest BCUT2D eigenvalue weighted by atomic mass is 19.1. The lowest BCUT2D eigenvalue weighted by atomic mass is 9.89. The van der Waals surface area contributed by atoms with Crippen LogP contribution < -0.4 is 5.32 Å². The number of ether oxygens (including phenoxy) is 1. The van der Waals surface area contributed by atoms with E-state index >= 15 is 0 Å². The topological polar surface area (TPSA) is 58.6 Å². The van der Waals surface area contributed by atoms with Gasteiger partial charge in [-0.1, -0.05) is 24.3 Å². The molecule has 0 aromatic heterocycles. The first-order valence-electron chi connectivity index (χ1n) is 9.31. The third-order valence-electron chi connectivity index (χ3n) is 5.23. The molecule has 0 unspecified atom stereocenters. The molecule has 2 aliphatic rings. The van der Waals surface area contributed by atoms with Crippen molar-refractivity contribution in [3.8, 4) is 0 Å². The first-order valence-corrected chi connectivity index (χ1v) is 9.31. The molecule has 1 aliphatic heterocycles. The maximum atomic E-state index is 13.4. The molecule has 0 saturated carbocycles. The van der Waals surface area contributed by atoms with Gasteiger partial charge in [0.05, 0.1) is 12.6 Å². The van der Waals surface area contributed by atoms with Crippen molar-refractivity contribution in [1.82, 2.24) is 4.90 Å². The van der Waals surface area contributed by atoms with E-state index < -0.39 is 0 Å². The lowest BCUT2D eigenvalue weighted by Gasteiger charge is -2.32. The lowest BCUT2D eigenvalue weighted by molar-refractivity contribution is 0.0898. The van der Waals surface area contributed by atoms with Gasteiger partial charge in [-0.2, -0.15) is 0 Å². The summed E-state index contributed by atoms with van der Waals surface area (Å²) in [6, 6.07) is 12.6. The first kappa shape index (κ1) is 18.4. The summed E-state index contributed by atoms with van der Waals surface area (Å²) in [6.07, 6.45) is 1.81. The number of ketones is 2. The lowest BCUT2D eigenvalue weighted by Crippen LogP contribution is -2.40. The number of carbonyl (C=O) groups is 2. The van der Waals surface area contributed by atoms with Crippen molar-refractivity contribution >= 4 is 17.3 Å². The molecule has 1 atom stereocenters. The molecule has 1 N–H and O–H groups in total. The summed E-state index contributed by atoms with van der Waals surface area (Å²) in [5.74, 6) is -0.781. The van der Waals surface area contributed by atoms with Gasteiger partial charge in [0, 0.05) is 30.5 Å². The van der Waals surface area contributed by atoms with Crippen molar-refractivity contribution in [1.29, 1.82) is 0 Å². The molecule has 28 heavy (non-hydrogen) atoms. The van der Waals surface area contributed by atoms with Gasteiger partial charge in [0.2, 0.25) is 11.6 Å². The van der Waals surface area contributed by atoms with E-state index in [1.54, 1.807) is 43.5 Å². The zero-order valence-electron chi connectivity index (χ0n) is 15.6. The van der Waals surface area contributed by atoms with Crippen LogP contribution >= 0.6 is 0 Å². The Morgan fingerprint density at radius 1 is 1.07 bits per heavy atom. The van der Waals surface area contributed by atoms with Crippen molar-refractivity contribution in [2.45, 2.75) is 18.9 Å². The molecule has 144 valence electrons. The van der Waals surface area contributed by atoms with Crippen LogP contribution in [0.15, 0.2) is 59.9 Å². The predicted octanol–water partition coefficient (Wildman–Crippen LogP) is 3.64. The third-order valence-corrected chi connectivity index (χ3v) is 5.23. The van der Waals surface area contributed by atoms with Gasteiger partial charge in [-0.05, 0) is 37.1 Å². The summed E-state index contributed by atoms with van der Waals surface area (Å²) in [5.41, 5.74) is 1.95. The van der Waals surface area contributed by atoms with E-state index in [1.807, 2.05) is 4.90 Å². The Balaban J connectivity index is 1.82. The van der Waals surface area contributed by atoms with Crippen LogP contribution in [0.1, 0.15) is 33.6 Å². The molecule has 1 saturated heterocycles. The van der Waals surface area contributed by atoms with Crippen LogP contribution in [0.5, 0.6) is 0 Å². The largest absolute Gasteiger partial charge is 0.383 e. The zero-order chi connectivity index (χ0) is 19.7. The highest BCUT2D eigenvalue weighted by molar-refractivity contribution is 6.27. The Labute approximate surface area is 162 Å². The quantitative estimate of drug-likeness (QED) is 0.858. The minimum atomic E-state index is -0.365. The Bertz CT molecular complexity index is 953. The molecule has 1 fully saturated rings. The summed E-state index contributed by atoms with van der Waals surface area (Å²) < 4.78 is 18.6. The van der Waals surface area contributed by atoms with Crippen molar-refractivity contribution < 1.29 is 18.7 Å². The summed E-state index contributed by atoms with van der Waals surface area (Å²) >= 11 is 0. The van der Waals surface area contributed by atoms with Crippen LogP contribution in [-0.4, -0.2) is 42.8 Å². The summed E-state index contributed by atoms with van der Waals surface area (Å²) in [5, 5.41) is 3.08. The molecule has 1 aliphatic carbocycles. The van der Waals surface area contributed by atoms with Gasteiger partial charge in [-0.3, -0.25) is 9.59 Å². The Morgan fingerprint density at radius 2 is 1.75 bits per heavy atom. The second-order valence-corrected chi connectivity index (χ2v) is 7.00. The first-order chi connectivity index (χ1) is 13.6. The van der Waals surface area contributed by atoms with Crippen molar-refractivity contribution in [3.63, 3.8) is 0 Å². The summed E-state index contributed by atoms with van der Waals surface area (Å²) in [4.78, 5) is 28.6. The number of benzene rings is 2. The molecular weight excluding hydrogens is 359 g/mol. The smallest absolute Gasteiger partial charge is 0.212 e. The second kappa shape index (κ2) is 7.56. The zero-order valence-corrected chi connectivity index (χ0v) is 15.6.